The lowest BCUT2D eigenvalue weighted by atomic mass is 10.2. The first-order chi connectivity index (χ1) is 13.0. The standard InChI is InChI=1S/C20H22FN3O2S/c1-4-26-15-10-8-14(9-11-15)19(25)24(13-12-23(2)3)20-22-18-16(21)6-5-7-17(18)27-20/h5-11H,4,12-13H2,1-3H3. The van der Waals surface area contributed by atoms with Gasteiger partial charge in [-0.2, -0.15) is 0 Å². The third kappa shape index (κ3) is 4.43. The average Bonchev–Trinajstić information content (AvgIpc) is 3.08. The van der Waals surface area contributed by atoms with Crippen LogP contribution in [0.25, 0.3) is 10.2 Å². The molecule has 1 heterocycles. The number of aromatic nitrogens is 1. The van der Waals surface area contributed by atoms with Gasteiger partial charge in [-0.05, 0) is 57.4 Å². The van der Waals surface area contributed by atoms with Gasteiger partial charge < -0.3 is 9.64 Å². The number of ether oxygens (including phenoxy) is 1. The van der Waals surface area contributed by atoms with Crippen LogP contribution >= 0.6 is 11.3 Å². The summed E-state index contributed by atoms with van der Waals surface area (Å²) in [6, 6.07) is 11.9. The van der Waals surface area contributed by atoms with E-state index in [1.165, 1.54) is 17.4 Å². The number of para-hydroxylation sites is 1. The van der Waals surface area contributed by atoms with Gasteiger partial charge in [0.25, 0.3) is 5.91 Å². The molecule has 0 spiro atoms. The summed E-state index contributed by atoms with van der Waals surface area (Å²) in [5.41, 5.74) is 0.837. The lowest BCUT2D eigenvalue weighted by molar-refractivity contribution is 0.0985. The van der Waals surface area contributed by atoms with Gasteiger partial charge >= 0.3 is 0 Å². The molecule has 0 radical (unpaired) electrons. The second-order valence-electron chi connectivity index (χ2n) is 6.30. The number of rotatable bonds is 7. The molecule has 7 heteroatoms. The molecule has 27 heavy (non-hydrogen) atoms. The Morgan fingerprint density at radius 1 is 1.15 bits per heavy atom. The molecule has 142 valence electrons. The van der Waals surface area contributed by atoms with Gasteiger partial charge in [-0.15, -0.1) is 0 Å². The molecule has 1 aromatic heterocycles. The first kappa shape index (κ1) is 19.3. The molecule has 0 N–H and O–H groups in total. The molecule has 0 bridgehead atoms. The first-order valence-electron chi connectivity index (χ1n) is 8.74. The molecule has 5 nitrogen and oxygen atoms in total. The van der Waals surface area contributed by atoms with Gasteiger partial charge in [-0.1, -0.05) is 17.4 Å². The number of carbonyl (C=O) groups excluding carboxylic acids is 1. The second kappa shape index (κ2) is 8.45. The number of amides is 1. The highest BCUT2D eigenvalue weighted by atomic mass is 32.1. The van der Waals surface area contributed by atoms with Gasteiger partial charge in [0.15, 0.2) is 5.13 Å². The van der Waals surface area contributed by atoms with E-state index in [2.05, 4.69) is 4.98 Å². The van der Waals surface area contributed by atoms with Crippen molar-refractivity contribution < 1.29 is 13.9 Å². The molecular weight excluding hydrogens is 365 g/mol. The summed E-state index contributed by atoms with van der Waals surface area (Å²) < 4.78 is 20.2. The van der Waals surface area contributed by atoms with Crippen molar-refractivity contribution in [2.24, 2.45) is 0 Å². The highest BCUT2D eigenvalue weighted by molar-refractivity contribution is 7.22. The van der Waals surface area contributed by atoms with Gasteiger partial charge in [0.05, 0.1) is 11.3 Å². The van der Waals surface area contributed by atoms with Crippen molar-refractivity contribution in [3.05, 3.63) is 53.8 Å². The van der Waals surface area contributed by atoms with Crippen LogP contribution in [0.3, 0.4) is 0 Å². The summed E-state index contributed by atoms with van der Waals surface area (Å²) in [6.45, 7) is 3.61. The summed E-state index contributed by atoms with van der Waals surface area (Å²) in [4.78, 5) is 21.1. The van der Waals surface area contributed by atoms with E-state index in [4.69, 9.17) is 4.74 Å². The van der Waals surface area contributed by atoms with E-state index in [1.54, 1.807) is 35.2 Å². The maximum atomic E-state index is 14.0. The SMILES string of the molecule is CCOc1ccc(C(=O)N(CCN(C)C)c2nc3c(F)cccc3s2)cc1. The van der Waals surface area contributed by atoms with Gasteiger partial charge in [0, 0.05) is 18.7 Å². The number of hydrogen-bond donors (Lipinski definition) is 0. The minimum atomic E-state index is -0.379. The molecule has 0 aliphatic carbocycles. The van der Waals surface area contributed by atoms with Crippen LogP contribution in [0.2, 0.25) is 0 Å². The molecule has 3 aromatic rings. The Balaban J connectivity index is 1.93. The van der Waals surface area contributed by atoms with Crippen molar-refractivity contribution in [1.29, 1.82) is 0 Å². The fourth-order valence-electron chi connectivity index (χ4n) is 2.62. The molecule has 3 rings (SSSR count). The molecule has 0 fully saturated rings. The minimum absolute atomic E-state index is 0.167. The predicted molar refractivity (Wildman–Crippen MR) is 107 cm³/mol. The quantitative estimate of drug-likeness (QED) is 0.614. The van der Waals surface area contributed by atoms with Gasteiger partial charge in [0.2, 0.25) is 0 Å². The number of likely N-dealkylation sites (N-methyl/N-ethyl adjacent to an activating group) is 1. The third-order valence-corrected chi connectivity index (χ3v) is 5.06. The summed E-state index contributed by atoms with van der Waals surface area (Å²) >= 11 is 1.32. The van der Waals surface area contributed by atoms with Crippen LogP contribution < -0.4 is 9.64 Å². The largest absolute Gasteiger partial charge is 0.494 e. The smallest absolute Gasteiger partial charge is 0.260 e. The Morgan fingerprint density at radius 3 is 2.52 bits per heavy atom. The number of thiazole rings is 1. The molecule has 0 saturated heterocycles. The number of halogens is 1. The number of benzene rings is 2. The maximum Gasteiger partial charge on any atom is 0.260 e. The van der Waals surface area contributed by atoms with E-state index in [0.29, 0.717) is 35.9 Å². The molecule has 0 aliphatic heterocycles. The van der Waals surface area contributed by atoms with Crippen molar-refractivity contribution in [3.63, 3.8) is 0 Å². The topological polar surface area (TPSA) is 45.7 Å². The molecule has 0 unspecified atom stereocenters. The highest BCUT2D eigenvalue weighted by Gasteiger charge is 2.22. The number of anilines is 1. The summed E-state index contributed by atoms with van der Waals surface area (Å²) in [5.74, 6) is 0.173. The van der Waals surface area contributed by atoms with Crippen LogP contribution in [-0.2, 0) is 0 Å². The zero-order valence-corrected chi connectivity index (χ0v) is 16.4. The predicted octanol–water partition coefficient (Wildman–Crippen LogP) is 4.04. The van der Waals surface area contributed by atoms with Gasteiger partial charge in [0.1, 0.15) is 17.1 Å². The minimum Gasteiger partial charge on any atom is -0.494 e. The summed E-state index contributed by atoms with van der Waals surface area (Å²) in [5, 5.41) is 0.496. The van der Waals surface area contributed by atoms with Gasteiger partial charge in [-0.25, -0.2) is 9.37 Å². The van der Waals surface area contributed by atoms with E-state index in [-0.39, 0.29) is 11.7 Å². The Morgan fingerprint density at radius 2 is 1.89 bits per heavy atom. The zero-order chi connectivity index (χ0) is 19.4. The van der Waals surface area contributed by atoms with Crippen LogP contribution in [0.1, 0.15) is 17.3 Å². The number of hydrogen-bond acceptors (Lipinski definition) is 5. The normalized spacial score (nSPS) is 11.1. The van der Waals surface area contributed by atoms with E-state index in [0.717, 1.165) is 10.4 Å². The van der Waals surface area contributed by atoms with Crippen molar-refractivity contribution in [2.45, 2.75) is 6.92 Å². The maximum absolute atomic E-state index is 14.0. The Hall–Kier alpha value is -2.51. The van der Waals surface area contributed by atoms with Crippen LogP contribution in [0.4, 0.5) is 9.52 Å². The fraction of sp³-hybridized carbons (Fsp3) is 0.300. The summed E-state index contributed by atoms with van der Waals surface area (Å²) in [6.07, 6.45) is 0. The lowest BCUT2D eigenvalue weighted by Gasteiger charge is -2.22. The Labute approximate surface area is 162 Å². The van der Waals surface area contributed by atoms with Crippen LogP contribution in [0.5, 0.6) is 5.75 Å². The second-order valence-corrected chi connectivity index (χ2v) is 7.31. The van der Waals surface area contributed by atoms with E-state index in [9.17, 15) is 9.18 Å². The lowest BCUT2D eigenvalue weighted by Crippen LogP contribution is -2.36. The van der Waals surface area contributed by atoms with E-state index in [1.807, 2.05) is 32.0 Å². The van der Waals surface area contributed by atoms with Crippen molar-refractivity contribution in [1.82, 2.24) is 9.88 Å². The van der Waals surface area contributed by atoms with Crippen LogP contribution in [0.15, 0.2) is 42.5 Å². The monoisotopic (exact) mass is 387 g/mol. The van der Waals surface area contributed by atoms with Crippen LogP contribution in [-0.4, -0.2) is 49.6 Å². The van der Waals surface area contributed by atoms with E-state index < -0.39 is 0 Å². The average molecular weight is 387 g/mol. The van der Waals surface area contributed by atoms with Crippen molar-refractivity contribution in [3.8, 4) is 5.75 Å². The zero-order valence-electron chi connectivity index (χ0n) is 15.6. The third-order valence-electron chi connectivity index (χ3n) is 4.02. The molecule has 0 aliphatic rings. The molecule has 1 amide bonds. The van der Waals surface area contributed by atoms with Gasteiger partial charge in [-0.3, -0.25) is 9.69 Å². The first-order valence-corrected chi connectivity index (χ1v) is 9.55. The number of fused-ring (bicyclic) bond motifs is 1. The number of carbonyl (C=O) groups is 1. The fourth-order valence-corrected chi connectivity index (χ4v) is 3.62. The number of nitrogens with zero attached hydrogens (tertiary/aromatic N) is 3. The Kier molecular flexibility index (Phi) is 6.03. The van der Waals surface area contributed by atoms with Crippen molar-refractivity contribution in [2.75, 3.05) is 38.7 Å². The molecular formula is C20H22FN3O2S. The van der Waals surface area contributed by atoms with Crippen LogP contribution in [0, 0.1) is 5.82 Å². The molecule has 0 saturated carbocycles. The molecule has 2 aromatic carbocycles. The molecule has 0 atom stereocenters. The highest BCUT2D eigenvalue weighted by Crippen LogP contribution is 2.31. The Bertz CT molecular complexity index is 925. The van der Waals surface area contributed by atoms with E-state index >= 15 is 0 Å². The summed E-state index contributed by atoms with van der Waals surface area (Å²) in [7, 11) is 3.88. The van der Waals surface area contributed by atoms with Crippen molar-refractivity contribution >= 4 is 32.6 Å².